The Bertz CT molecular complexity index is 1420. The minimum atomic E-state index is -3.97. The largest absolute Gasteiger partial charge is 0.331 e. The van der Waals surface area contributed by atoms with Crippen LogP contribution in [0.5, 0.6) is 0 Å². The SMILES string of the molecule is O=C(c1ccccc1NS(=O)(=O)c1cccc2cccnc12)N(Cc1ccccc1)C1CC1.[HH]. The molecule has 1 amide bonds. The van der Waals surface area contributed by atoms with E-state index in [1.54, 1.807) is 42.6 Å². The molecule has 6 nitrogen and oxygen atoms in total. The van der Waals surface area contributed by atoms with E-state index in [-0.39, 0.29) is 24.0 Å². The van der Waals surface area contributed by atoms with Crippen LogP contribution in [0.15, 0.2) is 96.0 Å². The van der Waals surface area contributed by atoms with Gasteiger partial charge in [-0.3, -0.25) is 14.5 Å². The van der Waals surface area contributed by atoms with Crippen molar-refractivity contribution in [3.05, 3.63) is 102 Å². The summed E-state index contributed by atoms with van der Waals surface area (Å²) in [6.07, 6.45) is 3.47. The third-order valence-corrected chi connectivity index (χ3v) is 7.13. The summed E-state index contributed by atoms with van der Waals surface area (Å²) in [7, 11) is -3.97. The fourth-order valence-corrected chi connectivity index (χ4v) is 5.20. The van der Waals surface area contributed by atoms with Crippen molar-refractivity contribution >= 4 is 32.5 Å². The van der Waals surface area contributed by atoms with E-state index in [2.05, 4.69) is 9.71 Å². The first-order chi connectivity index (χ1) is 16.0. The summed E-state index contributed by atoms with van der Waals surface area (Å²) in [5.74, 6) is -0.185. The highest BCUT2D eigenvalue weighted by Crippen LogP contribution is 2.32. The van der Waals surface area contributed by atoms with Crippen LogP contribution in [0.3, 0.4) is 0 Å². The number of benzene rings is 3. The van der Waals surface area contributed by atoms with Gasteiger partial charge in [0.25, 0.3) is 15.9 Å². The lowest BCUT2D eigenvalue weighted by molar-refractivity contribution is 0.0731. The Labute approximate surface area is 194 Å². The number of sulfonamides is 1. The van der Waals surface area contributed by atoms with Crippen LogP contribution in [0.4, 0.5) is 5.69 Å². The Hall–Kier alpha value is -3.71. The first kappa shape index (κ1) is 21.2. The number of pyridine rings is 1. The Balaban J connectivity index is 0.00000274. The Morgan fingerprint density at radius 1 is 0.939 bits per heavy atom. The van der Waals surface area contributed by atoms with Crippen LogP contribution in [-0.4, -0.2) is 30.3 Å². The number of para-hydroxylation sites is 2. The molecule has 0 atom stereocenters. The summed E-state index contributed by atoms with van der Waals surface area (Å²) in [4.78, 5) is 19.7. The molecular weight excluding hydrogens is 434 g/mol. The molecule has 7 heteroatoms. The van der Waals surface area contributed by atoms with Crippen molar-refractivity contribution in [3.63, 3.8) is 0 Å². The molecule has 1 fully saturated rings. The van der Waals surface area contributed by atoms with Crippen molar-refractivity contribution in [1.82, 2.24) is 9.88 Å². The van der Waals surface area contributed by atoms with Gasteiger partial charge < -0.3 is 4.90 Å². The minimum Gasteiger partial charge on any atom is -0.331 e. The van der Waals surface area contributed by atoms with Crippen LogP contribution in [0.25, 0.3) is 10.9 Å². The maximum Gasteiger partial charge on any atom is 0.264 e. The third-order valence-electron chi connectivity index (χ3n) is 5.73. The van der Waals surface area contributed by atoms with Gasteiger partial charge in [-0.1, -0.05) is 60.7 Å². The van der Waals surface area contributed by atoms with Gasteiger partial charge in [-0.25, -0.2) is 8.42 Å². The zero-order valence-electron chi connectivity index (χ0n) is 17.9. The second-order valence-electron chi connectivity index (χ2n) is 8.13. The molecule has 5 rings (SSSR count). The van der Waals surface area contributed by atoms with Gasteiger partial charge in [0.1, 0.15) is 4.90 Å². The maximum absolute atomic E-state index is 13.6. The number of amides is 1. The summed E-state index contributed by atoms with van der Waals surface area (Å²) in [5, 5.41) is 0.729. The maximum atomic E-state index is 13.6. The van der Waals surface area contributed by atoms with Crippen LogP contribution in [0.2, 0.25) is 0 Å². The molecule has 4 aromatic rings. The number of hydrogen-bond donors (Lipinski definition) is 1. The topological polar surface area (TPSA) is 79.4 Å². The smallest absolute Gasteiger partial charge is 0.264 e. The minimum absolute atomic E-state index is 0. The molecule has 0 saturated heterocycles. The van der Waals surface area contributed by atoms with E-state index < -0.39 is 10.0 Å². The number of rotatable bonds is 7. The van der Waals surface area contributed by atoms with Crippen LogP contribution >= 0.6 is 0 Å². The molecule has 1 heterocycles. The highest BCUT2D eigenvalue weighted by atomic mass is 32.2. The normalized spacial score (nSPS) is 13.6. The van der Waals surface area contributed by atoms with E-state index in [9.17, 15) is 13.2 Å². The predicted molar refractivity (Wildman–Crippen MR) is 130 cm³/mol. The van der Waals surface area contributed by atoms with Gasteiger partial charge in [0.15, 0.2) is 0 Å². The Morgan fingerprint density at radius 2 is 1.67 bits per heavy atom. The number of nitrogens with one attached hydrogen (secondary N) is 1. The first-order valence-corrected chi connectivity index (χ1v) is 12.3. The summed E-state index contributed by atoms with van der Waals surface area (Å²) < 4.78 is 29.3. The summed E-state index contributed by atoms with van der Waals surface area (Å²) in [6.45, 7) is 0.485. The van der Waals surface area contributed by atoms with Gasteiger partial charge >= 0.3 is 0 Å². The molecule has 1 aliphatic carbocycles. The highest BCUT2D eigenvalue weighted by Gasteiger charge is 2.34. The molecule has 0 spiro atoms. The second kappa shape index (κ2) is 8.67. The lowest BCUT2D eigenvalue weighted by Gasteiger charge is -2.24. The van der Waals surface area contributed by atoms with E-state index >= 15 is 0 Å². The van der Waals surface area contributed by atoms with Gasteiger partial charge in [0, 0.05) is 25.6 Å². The van der Waals surface area contributed by atoms with E-state index in [4.69, 9.17) is 0 Å². The summed E-state index contributed by atoms with van der Waals surface area (Å²) >= 11 is 0. The Kier molecular flexibility index (Phi) is 5.56. The van der Waals surface area contributed by atoms with Gasteiger partial charge in [0.05, 0.1) is 16.8 Å². The Morgan fingerprint density at radius 3 is 2.45 bits per heavy atom. The lowest BCUT2D eigenvalue weighted by Crippen LogP contribution is -2.33. The summed E-state index contributed by atoms with van der Waals surface area (Å²) in [6, 6.07) is 25.4. The number of aromatic nitrogens is 1. The molecule has 1 N–H and O–H groups in total. The average molecular weight is 460 g/mol. The molecule has 0 radical (unpaired) electrons. The van der Waals surface area contributed by atoms with Gasteiger partial charge in [0.2, 0.25) is 0 Å². The average Bonchev–Trinajstić information content (AvgIpc) is 3.68. The third kappa shape index (κ3) is 4.45. The number of carbonyl (C=O) groups is 1. The molecule has 33 heavy (non-hydrogen) atoms. The molecule has 0 bridgehead atoms. The van der Waals surface area contributed by atoms with Crippen molar-refractivity contribution in [2.75, 3.05) is 4.72 Å². The zero-order valence-corrected chi connectivity index (χ0v) is 18.7. The van der Waals surface area contributed by atoms with Crippen LogP contribution in [-0.2, 0) is 16.6 Å². The number of nitrogens with zero attached hydrogens (tertiary/aromatic N) is 2. The molecule has 1 aliphatic rings. The fourth-order valence-electron chi connectivity index (χ4n) is 3.94. The van der Waals surface area contributed by atoms with E-state index in [0.717, 1.165) is 23.8 Å². The van der Waals surface area contributed by atoms with Gasteiger partial charge in [-0.05, 0) is 42.7 Å². The van der Waals surface area contributed by atoms with Crippen molar-refractivity contribution in [2.45, 2.75) is 30.3 Å². The van der Waals surface area contributed by atoms with Crippen molar-refractivity contribution in [2.24, 2.45) is 0 Å². The molecule has 0 aliphatic heterocycles. The summed E-state index contributed by atoms with van der Waals surface area (Å²) in [5.41, 5.74) is 2.02. The van der Waals surface area contributed by atoms with E-state index in [1.165, 1.54) is 6.07 Å². The van der Waals surface area contributed by atoms with Crippen molar-refractivity contribution in [1.29, 1.82) is 0 Å². The molecule has 1 aromatic heterocycles. The fraction of sp³-hybridized carbons (Fsp3) is 0.154. The van der Waals surface area contributed by atoms with Crippen molar-refractivity contribution in [3.8, 4) is 0 Å². The van der Waals surface area contributed by atoms with Crippen LogP contribution in [0, 0.1) is 0 Å². The second-order valence-corrected chi connectivity index (χ2v) is 9.78. The zero-order chi connectivity index (χ0) is 22.8. The highest BCUT2D eigenvalue weighted by molar-refractivity contribution is 7.93. The lowest BCUT2D eigenvalue weighted by atomic mass is 10.1. The molecule has 0 unspecified atom stereocenters. The molecule has 3 aromatic carbocycles. The van der Waals surface area contributed by atoms with E-state index in [1.807, 2.05) is 47.4 Å². The quantitative estimate of drug-likeness (QED) is 0.418. The number of carbonyl (C=O) groups excluding carboxylic acids is 1. The van der Waals surface area contributed by atoms with Crippen LogP contribution in [0.1, 0.15) is 30.2 Å². The molecule has 1 saturated carbocycles. The number of anilines is 1. The van der Waals surface area contributed by atoms with Gasteiger partial charge in [-0.15, -0.1) is 0 Å². The molecule has 168 valence electrons. The van der Waals surface area contributed by atoms with Crippen molar-refractivity contribution < 1.29 is 14.6 Å². The van der Waals surface area contributed by atoms with E-state index in [0.29, 0.717) is 17.6 Å². The van der Waals surface area contributed by atoms with Crippen LogP contribution < -0.4 is 4.72 Å². The number of fused-ring (bicyclic) bond motifs is 1. The first-order valence-electron chi connectivity index (χ1n) is 10.8. The number of hydrogen-bond acceptors (Lipinski definition) is 4. The van der Waals surface area contributed by atoms with Gasteiger partial charge in [-0.2, -0.15) is 0 Å². The standard InChI is InChI=1S/C26H23N3O3S.H2/c30-26(29(21-15-16-21)18-19-8-2-1-3-9-19)22-12-4-5-13-23(22)28-33(31,32)24-14-6-10-20-11-7-17-27-25(20)24;/h1-14,17,21,28H,15-16,18H2;1H. The molecular formula is C26H25N3O3S. The predicted octanol–water partition coefficient (Wildman–Crippen LogP) is 5.09. The monoisotopic (exact) mass is 459 g/mol.